The molecule has 1 heterocycles. The van der Waals surface area contributed by atoms with Crippen molar-refractivity contribution >= 4 is 34.1 Å². The summed E-state index contributed by atoms with van der Waals surface area (Å²) in [5.74, 6) is 0.657. The molecule has 0 aromatic carbocycles. The fraction of sp³-hybridized carbons (Fsp3) is 0.750. The summed E-state index contributed by atoms with van der Waals surface area (Å²) in [6.45, 7) is 4.11. The van der Waals surface area contributed by atoms with Crippen LogP contribution in [-0.4, -0.2) is 27.4 Å². The first-order valence-electron chi connectivity index (χ1n) is 6.62. The van der Waals surface area contributed by atoms with Crippen LogP contribution in [0.25, 0.3) is 0 Å². The van der Waals surface area contributed by atoms with Crippen molar-refractivity contribution in [3.05, 3.63) is 0 Å². The van der Waals surface area contributed by atoms with Gasteiger partial charge in [0.15, 0.2) is 4.34 Å². The SMILES string of the molecule is C[C@@H]1CCCC[C@@H]1NC(=O)[C@@H](C)Sc1nnc(N)s1. The van der Waals surface area contributed by atoms with Crippen molar-refractivity contribution in [2.24, 2.45) is 5.92 Å². The largest absolute Gasteiger partial charge is 0.374 e. The van der Waals surface area contributed by atoms with E-state index in [4.69, 9.17) is 5.73 Å². The number of carbonyl (C=O) groups is 1. The van der Waals surface area contributed by atoms with Crippen LogP contribution in [0.15, 0.2) is 4.34 Å². The van der Waals surface area contributed by atoms with Crippen LogP contribution in [0.4, 0.5) is 5.13 Å². The average molecular weight is 300 g/mol. The van der Waals surface area contributed by atoms with E-state index in [9.17, 15) is 4.79 Å². The maximum atomic E-state index is 12.2. The van der Waals surface area contributed by atoms with Gasteiger partial charge >= 0.3 is 0 Å². The number of hydrogen-bond acceptors (Lipinski definition) is 6. The maximum absolute atomic E-state index is 12.2. The van der Waals surface area contributed by atoms with Crippen molar-refractivity contribution in [3.63, 3.8) is 0 Å². The van der Waals surface area contributed by atoms with Gasteiger partial charge in [0.25, 0.3) is 0 Å². The minimum absolute atomic E-state index is 0.0810. The summed E-state index contributed by atoms with van der Waals surface area (Å²) in [7, 11) is 0. The van der Waals surface area contributed by atoms with Crippen molar-refractivity contribution in [1.29, 1.82) is 0 Å². The lowest BCUT2D eigenvalue weighted by molar-refractivity contribution is -0.121. The number of nitrogen functional groups attached to an aromatic ring is 1. The van der Waals surface area contributed by atoms with E-state index >= 15 is 0 Å². The first-order valence-corrected chi connectivity index (χ1v) is 8.32. The minimum atomic E-state index is -0.165. The smallest absolute Gasteiger partial charge is 0.233 e. The van der Waals surface area contributed by atoms with Gasteiger partial charge in [-0.05, 0) is 25.7 Å². The van der Waals surface area contributed by atoms with E-state index in [0.29, 0.717) is 17.1 Å². The molecule has 0 bridgehead atoms. The minimum Gasteiger partial charge on any atom is -0.374 e. The summed E-state index contributed by atoms with van der Waals surface area (Å²) in [5.41, 5.74) is 5.53. The van der Waals surface area contributed by atoms with Gasteiger partial charge in [-0.1, -0.05) is 42.9 Å². The highest BCUT2D eigenvalue weighted by Crippen LogP contribution is 2.28. The topological polar surface area (TPSA) is 80.9 Å². The number of hydrogen-bond donors (Lipinski definition) is 2. The lowest BCUT2D eigenvalue weighted by Crippen LogP contribution is -2.44. The number of nitrogens with two attached hydrogens (primary N) is 1. The number of nitrogens with zero attached hydrogens (tertiary/aromatic N) is 2. The number of nitrogens with one attached hydrogen (secondary N) is 1. The number of carbonyl (C=O) groups excluding carboxylic acids is 1. The molecule has 5 nitrogen and oxygen atoms in total. The molecule has 106 valence electrons. The van der Waals surface area contributed by atoms with Gasteiger partial charge in [0.1, 0.15) is 0 Å². The molecule has 0 saturated heterocycles. The second-order valence-electron chi connectivity index (χ2n) is 5.04. The van der Waals surface area contributed by atoms with Gasteiger partial charge in [0.05, 0.1) is 5.25 Å². The molecule has 1 aromatic heterocycles. The zero-order chi connectivity index (χ0) is 13.8. The Morgan fingerprint density at radius 3 is 2.84 bits per heavy atom. The monoisotopic (exact) mass is 300 g/mol. The summed E-state index contributed by atoms with van der Waals surface area (Å²) >= 11 is 2.73. The zero-order valence-electron chi connectivity index (χ0n) is 11.3. The van der Waals surface area contributed by atoms with Crippen molar-refractivity contribution in [3.8, 4) is 0 Å². The second-order valence-corrected chi connectivity index (χ2v) is 7.64. The molecule has 0 unspecified atom stereocenters. The molecule has 1 fully saturated rings. The number of anilines is 1. The van der Waals surface area contributed by atoms with Crippen LogP contribution in [0.2, 0.25) is 0 Å². The van der Waals surface area contributed by atoms with Gasteiger partial charge in [0, 0.05) is 6.04 Å². The molecule has 0 aliphatic heterocycles. The Balaban J connectivity index is 1.85. The molecule has 1 aliphatic rings. The maximum Gasteiger partial charge on any atom is 0.233 e. The highest BCUT2D eigenvalue weighted by molar-refractivity contribution is 8.02. The Bertz CT molecular complexity index is 437. The third-order valence-electron chi connectivity index (χ3n) is 3.51. The van der Waals surface area contributed by atoms with E-state index < -0.39 is 0 Å². The highest BCUT2D eigenvalue weighted by Gasteiger charge is 2.25. The molecule has 3 atom stereocenters. The van der Waals surface area contributed by atoms with Gasteiger partial charge in [-0.25, -0.2) is 0 Å². The predicted octanol–water partition coefficient (Wildman–Crippen LogP) is 2.30. The molecule has 1 aromatic rings. The van der Waals surface area contributed by atoms with Crippen LogP contribution in [0.1, 0.15) is 39.5 Å². The Labute approximate surface area is 121 Å². The number of rotatable bonds is 4. The average Bonchev–Trinajstić information content (AvgIpc) is 2.77. The fourth-order valence-corrected chi connectivity index (χ4v) is 4.09. The van der Waals surface area contributed by atoms with E-state index in [0.717, 1.165) is 10.8 Å². The Morgan fingerprint density at radius 2 is 2.21 bits per heavy atom. The third kappa shape index (κ3) is 4.07. The molecular weight excluding hydrogens is 280 g/mol. The van der Waals surface area contributed by atoms with E-state index in [1.165, 1.54) is 42.4 Å². The van der Waals surface area contributed by atoms with Crippen LogP contribution >= 0.6 is 23.1 Å². The molecule has 1 aliphatic carbocycles. The van der Waals surface area contributed by atoms with Gasteiger partial charge < -0.3 is 11.1 Å². The molecule has 0 radical (unpaired) electrons. The normalized spacial score (nSPS) is 24.9. The van der Waals surface area contributed by atoms with E-state index in [2.05, 4.69) is 22.4 Å². The molecule has 3 N–H and O–H groups in total. The molecule has 2 rings (SSSR count). The first kappa shape index (κ1) is 14.6. The highest BCUT2D eigenvalue weighted by atomic mass is 32.2. The summed E-state index contributed by atoms with van der Waals surface area (Å²) in [5, 5.41) is 11.1. The number of aromatic nitrogens is 2. The van der Waals surface area contributed by atoms with Crippen LogP contribution in [0, 0.1) is 5.92 Å². The second kappa shape index (κ2) is 6.56. The number of thioether (sulfide) groups is 1. The number of amides is 1. The molecular formula is C12H20N4OS2. The summed E-state index contributed by atoms with van der Waals surface area (Å²) in [6.07, 6.45) is 4.79. The molecule has 7 heteroatoms. The molecule has 0 spiro atoms. The Kier molecular flexibility index (Phi) is 5.04. The summed E-state index contributed by atoms with van der Waals surface area (Å²) in [4.78, 5) is 12.2. The molecule has 1 saturated carbocycles. The Morgan fingerprint density at radius 1 is 1.47 bits per heavy atom. The van der Waals surface area contributed by atoms with Crippen molar-refractivity contribution < 1.29 is 4.79 Å². The lowest BCUT2D eigenvalue weighted by atomic mass is 9.86. The molecule has 1 amide bonds. The van der Waals surface area contributed by atoms with Crippen LogP contribution in [0.3, 0.4) is 0 Å². The standard InChI is InChI=1S/C12H20N4OS2/c1-7-5-3-4-6-9(7)14-10(17)8(2)18-12-16-15-11(13)19-12/h7-9H,3-6H2,1-2H3,(H2,13,15)(H,14,17)/t7-,8-,9+/m1/s1. The van der Waals surface area contributed by atoms with Crippen LogP contribution < -0.4 is 11.1 Å². The lowest BCUT2D eigenvalue weighted by Gasteiger charge is -2.30. The van der Waals surface area contributed by atoms with Gasteiger partial charge in [-0.2, -0.15) is 0 Å². The van der Waals surface area contributed by atoms with Gasteiger partial charge in [-0.3, -0.25) is 4.79 Å². The summed E-state index contributed by atoms with van der Waals surface area (Å²) < 4.78 is 0.747. The predicted molar refractivity (Wildman–Crippen MR) is 79.2 cm³/mol. The molecule has 19 heavy (non-hydrogen) atoms. The van der Waals surface area contributed by atoms with E-state index in [1.54, 1.807) is 0 Å². The van der Waals surface area contributed by atoms with Crippen LogP contribution in [-0.2, 0) is 4.79 Å². The van der Waals surface area contributed by atoms with Crippen molar-refractivity contribution in [2.75, 3.05) is 5.73 Å². The van der Waals surface area contributed by atoms with Crippen molar-refractivity contribution in [2.45, 2.75) is 55.2 Å². The van der Waals surface area contributed by atoms with Gasteiger partial charge in [-0.15, -0.1) is 10.2 Å². The third-order valence-corrected chi connectivity index (χ3v) is 5.44. The van der Waals surface area contributed by atoms with E-state index in [-0.39, 0.29) is 11.2 Å². The van der Waals surface area contributed by atoms with Gasteiger partial charge in [0.2, 0.25) is 11.0 Å². The fourth-order valence-electron chi connectivity index (χ4n) is 2.30. The summed E-state index contributed by atoms with van der Waals surface area (Å²) in [6, 6.07) is 0.323. The zero-order valence-corrected chi connectivity index (χ0v) is 12.9. The first-order chi connectivity index (χ1) is 9.06. The van der Waals surface area contributed by atoms with Crippen LogP contribution in [0.5, 0.6) is 0 Å². The Hall–Kier alpha value is -0.820. The van der Waals surface area contributed by atoms with Crippen molar-refractivity contribution in [1.82, 2.24) is 15.5 Å². The van der Waals surface area contributed by atoms with E-state index in [1.807, 2.05) is 6.92 Å². The quantitative estimate of drug-likeness (QED) is 0.834.